The minimum absolute atomic E-state index is 0.00422. The van der Waals surface area contributed by atoms with Crippen LogP contribution in [-0.4, -0.2) is 27.4 Å². The number of nitrogens with zero attached hydrogens (tertiary/aromatic N) is 3. The average Bonchev–Trinajstić information content (AvgIpc) is 2.72. The van der Waals surface area contributed by atoms with Gasteiger partial charge in [-0.1, -0.05) is 42.1 Å². The molecule has 2 aromatic carbocycles. The van der Waals surface area contributed by atoms with Crippen molar-refractivity contribution in [2.45, 2.75) is 17.8 Å². The monoisotopic (exact) mass is 397 g/mol. The number of nitrogens with one attached hydrogen (secondary N) is 1. The van der Waals surface area contributed by atoms with Gasteiger partial charge in [-0.05, 0) is 36.8 Å². The Morgan fingerprint density at radius 1 is 1.14 bits per heavy atom. The molecular weight excluding hydrogens is 378 g/mol. The molecule has 1 aromatic heterocycles. The lowest BCUT2D eigenvalue weighted by Gasteiger charge is -2.09. The number of nitrogen functional groups attached to an aromatic ring is 1. The minimum atomic E-state index is -0.500. The number of thioether (sulfide) groups is 1. The van der Waals surface area contributed by atoms with E-state index in [1.165, 1.54) is 11.8 Å². The summed E-state index contributed by atoms with van der Waals surface area (Å²) in [5.41, 5.74) is 1.58. The van der Waals surface area contributed by atoms with Crippen LogP contribution in [0.3, 0.4) is 0 Å². The van der Waals surface area contributed by atoms with Gasteiger partial charge in [0.2, 0.25) is 11.0 Å². The Morgan fingerprint density at radius 2 is 1.86 bits per heavy atom. The normalized spacial score (nSPS) is 10.5. The van der Waals surface area contributed by atoms with Crippen LogP contribution in [0.25, 0.3) is 0 Å². The van der Waals surface area contributed by atoms with Crippen LogP contribution in [0.5, 0.6) is 0 Å². The fraction of sp³-hybridized carbons (Fsp3) is 0.158. The van der Waals surface area contributed by atoms with Gasteiger partial charge in [0.1, 0.15) is 0 Å². The number of ether oxygens (including phenoxy) is 1. The number of nitrogens with two attached hydrogens (primary N) is 1. The zero-order valence-electron chi connectivity index (χ0n) is 15.2. The summed E-state index contributed by atoms with van der Waals surface area (Å²) in [6.45, 7) is 2.05. The quantitative estimate of drug-likeness (QED) is 0.355. The number of hydrogen-bond donors (Lipinski definition) is 2. The lowest BCUT2D eigenvalue weighted by atomic mass is 10.2. The first-order valence-electron chi connectivity index (χ1n) is 8.54. The van der Waals surface area contributed by atoms with E-state index < -0.39 is 11.5 Å². The number of anilines is 2. The third kappa shape index (κ3) is 4.68. The molecule has 9 heteroatoms. The molecule has 0 bridgehead atoms. The summed E-state index contributed by atoms with van der Waals surface area (Å²) in [6.07, 6.45) is 0. The summed E-state index contributed by atoms with van der Waals surface area (Å²) in [7, 11) is 0. The van der Waals surface area contributed by atoms with Gasteiger partial charge in [-0.25, -0.2) is 4.79 Å². The summed E-state index contributed by atoms with van der Waals surface area (Å²) in [6, 6.07) is 16.3. The summed E-state index contributed by atoms with van der Waals surface area (Å²) < 4.78 is 5.90. The lowest BCUT2D eigenvalue weighted by Crippen LogP contribution is -2.32. The van der Waals surface area contributed by atoms with Crippen molar-refractivity contribution in [3.8, 4) is 0 Å². The molecule has 8 nitrogen and oxygen atoms in total. The largest absolute Gasteiger partial charge is 0.462 e. The first-order valence-corrected chi connectivity index (χ1v) is 9.52. The van der Waals surface area contributed by atoms with Gasteiger partial charge in [0.15, 0.2) is 0 Å². The van der Waals surface area contributed by atoms with E-state index in [9.17, 15) is 9.59 Å². The number of esters is 1. The van der Waals surface area contributed by atoms with Gasteiger partial charge in [-0.3, -0.25) is 4.79 Å². The van der Waals surface area contributed by atoms with Crippen LogP contribution in [0.2, 0.25) is 0 Å². The highest BCUT2D eigenvalue weighted by atomic mass is 32.2. The van der Waals surface area contributed by atoms with Crippen molar-refractivity contribution in [3.63, 3.8) is 0 Å². The Kier molecular flexibility index (Phi) is 6.28. The molecule has 0 aliphatic heterocycles. The third-order valence-electron chi connectivity index (χ3n) is 3.73. The molecule has 0 saturated carbocycles. The maximum absolute atomic E-state index is 12.5. The number of aromatic nitrogens is 3. The van der Waals surface area contributed by atoms with Crippen LogP contribution in [-0.2, 0) is 10.5 Å². The number of rotatable bonds is 7. The predicted molar refractivity (Wildman–Crippen MR) is 108 cm³/mol. The zero-order chi connectivity index (χ0) is 19.9. The van der Waals surface area contributed by atoms with E-state index in [1.807, 2.05) is 30.3 Å². The van der Waals surface area contributed by atoms with Crippen molar-refractivity contribution in [3.05, 3.63) is 76.1 Å². The van der Waals surface area contributed by atoms with Crippen LogP contribution in [0.4, 0.5) is 11.5 Å². The molecule has 0 aliphatic rings. The van der Waals surface area contributed by atoms with Crippen molar-refractivity contribution in [1.29, 1.82) is 0 Å². The fourth-order valence-electron chi connectivity index (χ4n) is 2.32. The molecule has 0 fully saturated rings. The second-order valence-corrected chi connectivity index (χ2v) is 6.65. The van der Waals surface area contributed by atoms with Crippen LogP contribution < -0.4 is 16.7 Å². The molecule has 0 unspecified atom stereocenters. The van der Waals surface area contributed by atoms with E-state index >= 15 is 0 Å². The topological polar surface area (TPSA) is 112 Å². The zero-order valence-corrected chi connectivity index (χ0v) is 16.0. The van der Waals surface area contributed by atoms with Gasteiger partial charge < -0.3 is 15.9 Å². The van der Waals surface area contributed by atoms with Gasteiger partial charge in [0.05, 0.1) is 12.2 Å². The molecule has 0 aliphatic carbocycles. The van der Waals surface area contributed by atoms with Gasteiger partial charge in [-0.15, -0.1) is 10.2 Å². The molecule has 3 aromatic rings. The van der Waals surface area contributed by atoms with Gasteiger partial charge >= 0.3 is 11.5 Å². The maximum atomic E-state index is 12.5. The van der Waals surface area contributed by atoms with Crippen LogP contribution in [0.15, 0.2) is 64.5 Å². The van der Waals surface area contributed by atoms with Crippen LogP contribution >= 0.6 is 11.8 Å². The lowest BCUT2D eigenvalue weighted by molar-refractivity contribution is 0.0526. The molecule has 3 N–H and O–H groups in total. The first-order chi connectivity index (χ1) is 13.6. The Hall–Kier alpha value is -3.33. The Bertz CT molecular complexity index is 1010. The van der Waals surface area contributed by atoms with E-state index in [2.05, 4.69) is 15.5 Å². The first kappa shape index (κ1) is 19.4. The molecule has 3 rings (SSSR count). The van der Waals surface area contributed by atoms with E-state index in [1.54, 1.807) is 31.2 Å². The Balaban J connectivity index is 1.70. The van der Waals surface area contributed by atoms with Crippen molar-refractivity contribution in [2.75, 3.05) is 17.8 Å². The van der Waals surface area contributed by atoms with Crippen molar-refractivity contribution >= 4 is 29.2 Å². The minimum Gasteiger partial charge on any atom is -0.462 e. The molecule has 144 valence electrons. The Morgan fingerprint density at radius 3 is 2.54 bits per heavy atom. The highest BCUT2D eigenvalue weighted by molar-refractivity contribution is 7.98. The highest BCUT2D eigenvalue weighted by Crippen LogP contribution is 2.19. The SMILES string of the molecule is CCOC(=O)c1ccc(Nc2nnc(SCc3ccccc3)n(N)c2=O)cc1. The number of carbonyl (C=O) groups excluding carboxylic acids is 1. The molecule has 1 heterocycles. The molecule has 0 saturated heterocycles. The smallest absolute Gasteiger partial charge is 0.338 e. The Labute approximate surface area is 165 Å². The fourth-order valence-corrected chi connectivity index (χ4v) is 3.13. The number of hydrogen-bond acceptors (Lipinski definition) is 8. The summed E-state index contributed by atoms with van der Waals surface area (Å²) >= 11 is 1.32. The third-order valence-corrected chi connectivity index (χ3v) is 4.75. The second kappa shape index (κ2) is 9.05. The summed E-state index contributed by atoms with van der Waals surface area (Å²) in [5, 5.41) is 11.2. The van der Waals surface area contributed by atoms with E-state index in [0.717, 1.165) is 10.2 Å². The molecule has 0 radical (unpaired) electrons. The van der Waals surface area contributed by atoms with E-state index in [0.29, 0.717) is 28.8 Å². The summed E-state index contributed by atoms with van der Waals surface area (Å²) in [5.74, 6) is 6.09. The summed E-state index contributed by atoms with van der Waals surface area (Å²) in [4.78, 5) is 24.1. The van der Waals surface area contributed by atoms with Crippen LogP contribution in [0, 0.1) is 0 Å². The van der Waals surface area contributed by atoms with E-state index in [4.69, 9.17) is 10.6 Å². The highest BCUT2D eigenvalue weighted by Gasteiger charge is 2.12. The van der Waals surface area contributed by atoms with Crippen molar-refractivity contribution < 1.29 is 9.53 Å². The van der Waals surface area contributed by atoms with Crippen molar-refractivity contribution in [1.82, 2.24) is 14.9 Å². The standard InChI is InChI=1S/C19H19N5O3S/c1-2-27-18(26)14-8-10-15(11-9-14)21-16-17(25)24(20)19(23-22-16)28-12-13-6-4-3-5-7-13/h3-11H,2,12,20H2,1H3,(H,21,22). The second-order valence-electron chi connectivity index (χ2n) is 5.70. The van der Waals surface area contributed by atoms with Crippen molar-refractivity contribution in [2.24, 2.45) is 0 Å². The van der Waals surface area contributed by atoms with E-state index in [-0.39, 0.29) is 5.82 Å². The predicted octanol–water partition coefficient (Wildman–Crippen LogP) is 2.56. The van der Waals surface area contributed by atoms with Crippen LogP contribution in [0.1, 0.15) is 22.8 Å². The molecular formula is C19H19N5O3S. The molecule has 0 spiro atoms. The molecule has 0 amide bonds. The van der Waals surface area contributed by atoms with Gasteiger partial charge in [-0.2, -0.15) is 4.68 Å². The molecule has 28 heavy (non-hydrogen) atoms. The number of benzene rings is 2. The number of carbonyl (C=O) groups is 1. The molecule has 0 atom stereocenters. The van der Waals surface area contributed by atoms with Gasteiger partial charge in [0, 0.05) is 11.4 Å². The average molecular weight is 397 g/mol. The van der Waals surface area contributed by atoms with Gasteiger partial charge in [0.25, 0.3) is 0 Å². The maximum Gasteiger partial charge on any atom is 0.338 e.